The van der Waals surface area contributed by atoms with Crippen LogP contribution in [0.15, 0.2) is 0 Å². The lowest BCUT2D eigenvalue weighted by atomic mass is 10.0. The molecule has 2 aliphatic carbocycles. The number of nitrogens with one attached hydrogen (secondary N) is 1. The number of carbonyl (C=O) groups excluding carboxylic acids is 2. The zero-order valence-electron chi connectivity index (χ0n) is 15.8. The number of hydrogen-bond acceptors (Lipinski definition) is 3. The molecule has 0 radical (unpaired) electrons. The number of hydrogen-bond donors (Lipinski definition) is 1. The summed E-state index contributed by atoms with van der Waals surface area (Å²) in [7, 11) is 0. The highest BCUT2D eigenvalue weighted by molar-refractivity contribution is 5.81. The summed E-state index contributed by atoms with van der Waals surface area (Å²) in [4.78, 5) is 29.1. The molecule has 5 nitrogen and oxygen atoms in total. The van der Waals surface area contributed by atoms with Gasteiger partial charge in [-0.3, -0.25) is 14.5 Å². The van der Waals surface area contributed by atoms with Gasteiger partial charge in [-0.05, 0) is 32.1 Å². The standard InChI is InChI=1S/C20H35N3O2/c1-16(20(25)21-18-8-4-5-9-18)22-12-14-23(15-13-22)19(24)11-10-17-6-2-3-7-17/h16-18H,2-15H2,1H3,(H,21,25). The van der Waals surface area contributed by atoms with Gasteiger partial charge in [-0.2, -0.15) is 0 Å². The van der Waals surface area contributed by atoms with Crippen molar-refractivity contribution in [2.75, 3.05) is 26.2 Å². The van der Waals surface area contributed by atoms with Crippen LogP contribution in [0.3, 0.4) is 0 Å². The number of rotatable bonds is 6. The summed E-state index contributed by atoms with van der Waals surface area (Å²) >= 11 is 0. The molecule has 3 rings (SSSR count). The largest absolute Gasteiger partial charge is 0.352 e. The molecule has 0 spiro atoms. The topological polar surface area (TPSA) is 52.7 Å². The van der Waals surface area contributed by atoms with E-state index in [4.69, 9.17) is 0 Å². The normalized spacial score (nSPS) is 24.6. The number of piperazine rings is 1. The molecule has 2 amide bonds. The quantitative estimate of drug-likeness (QED) is 0.802. The van der Waals surface area contributed by atoms with Gasteiger partial charge in [0.25, 0.3) is 0 Å². The summed E-state index contributed by atoms with van der Waals surface area (Å²) in [5.41, 5.74) is 0. The lowest BCUT2D eigenvalue weighted by Gasteiger charge is -2.37. The molecular formula is C20H35N3O2. The first kappa shape index (κ1) is 18.7. The highest BCUT2D eigenvalue weighted by Crippen LogP contribution is 2.28. The average Bonchev–Trinajstić information content (AvgIpc) is 3.33. The van der Waals surface area contributed by atoms with E-state index in [0.29, 0.717) is 18.4 Å². The van der Waals surface area contributed by atoms with Gasteiger partial charge >= 0.3 is 0 Å². The van der Waals surface area contributed by atoms with E-state index in [9.17, 15) is 9.59 Å². The fourth-order valence-corrected chi connectivity index (χ4v) is 4.70. The second-order valence-electron chi connectivity index (χ2n) is 8.27. The first-order valence-corrected chi connectivity index (χ1v) is 10.5. The van der Waals surface area contributed by atoms with Gasteiger partial charge in [-0.15, -0.1) is 0 Å². The monoisotopic (exact) mass is 349 g/mol. The molecule has 1 heterocycles. The minimum Gasteiger partial charge on any atom is -0.352 e. The van der Waals surface area contributed by atoms with Gasteiger partial charge in [-0.25, -0.2) is 0 Å². The molecule has 3 fully saturated rings. The lowest BCUT2D eigenvalue weighted by molar-refractivity contribution is -0.134. The van der Waals surface area contributed by atoms with Crippen LogP contribution < -0.4 is 5.32 Å². The number of amides is 2. The number of carbonyl (C=O) groups is 2. The molecule has 5 heteroatoms. The van der Waals surface area contributed by atoms with Crippen LogP contribution >= 0.6 is 0 Å². The molecule has 1 atom stereocenters. The van der Waals surface area contributed by atoms with Crippen LogP contribution in [0.1, 0.15) is 71.1 Å². The second-order valence-corrected chi connectivity index (χ2v) is 8.27. The first-order valence-electron chi connectivity index (χ1n) is 10.5. The van der Waals surface area contributed by atoms with Gasteiger partial charge in [0.05, 0.1) is 6.04 Å². The van der Waals surface area contributed by atoms with Gasteiger partial charge in [0.15, 0.2) is 0 Å². The SMILES string of the molecule is CC(C(=O)NC1CCCC1)N1CCN(C(=O)CCC2CCCC2)CC1. The minimum atomic E-state index is -0.0867. The van der Waals surface area contributed by atoms with Crippen LogP contribution in [0.25, 0.3) is 0 Å². The minimum absolute atomic E-state index is 0.0867. The van der Waals surface area contributed by atoms with Crippen molar-refractivity contribution < 1.29 is 9.59 Å². The Morgan fingerprint density at radius 1 is 0.960 bits per heavy atom. The molecule has 0 bridgehead atoms. The third-order valence-corrected chi connectivity index (χ3v) is 6.54. The predicted molar refractivity (Wildman–Crippen MR) is 99.2 cm³/mol. The molecule has 25 heavy (non-hydrogen) atoms. The highest BCUT2D eigenvalue weighted by Gasteiger charge is 2.29. The van der Waals surface area contributed by atoms with Crippen molar-refractivity contribution in [2.45, 2.75) is 83.2 Å². The molecule has 0 aromatic carbocycles. The van der Waals surface area contributed by atoms with Crippen LogP contribution in [0.4, 0.5) is 0 Å². The Hall–Kier alpha value is -1.10. The van der Waals surface area contributed by atoms with E-state index in [1.54, 1.807) is 0 Å². The van der Waals surface area contributed by atoms with E-state index in [1.165, 1.54) is 38.5 Å². The average molecular weight is 350 g/mol. The van der Waals surface area contributed by atoms with E-state index in [-0.39, 0.29) is 11.9 Å². The van der Waals surface area contributed by atoms with E-state index in [2.05, 4.69) is 10.2 Å². The van der Waals surface area contributed by atoms with Crippen molar-refractivity contribution in [3.63, 3.8) is 0 Å². The molecule has 2 saturated carbocycles. The smallest absolute Gasteiger partial charge is 0.237 e. The van der Waals surface area contributed by atoms with E-state index >= 15 is 0 Å². The molecule has 1 aliphatic heterocycles. The predicted octanol–water partition coefficient (Wildman–Crippen LogP) is 2.55. The Kier molecular flexibility index (Phi) is 6.74. The summed E-state index contributed by atoms with van der Waals surface area (Å²) in [6, 6.07) is 0.296. The Bertz CT molecular complexity index is 448. The molecule has 0 aromatic heterocycles. The third kappa shape index (κ3) is 5.19. The van der Waals surface area contributed by atoms with Crippen LogP contribution in [0.5, 0.6) is 0 Å². The first-order chi connectivity index (χ1) is 12.1. The van der Waals surface area contributed by atoms with Crippen molar-refractivity contribution >= 4 is 11.8 Å². The maximum atomic E-state index is 12.4. The fourth-order valence-electron chi connectivity index (χ4n) is 4.70. The molecule has 142 valence electrons. The maximum absolute atomic E-state index is 12.4. The lowest BCUT2D eigenvalue weighted by Crippen LogP contribution is -2.55. The Morgan fingerprint density at radius 2 is 1.56 bits per heavy atom. The van der Waals surface area contributed by atoms with Crippen LogP contribution in [-0.4, -0.2) is 59.9 Å². The van der Waals surface area contributed by atoms with Gasteiger partial charge in [0.2, 0.25) is 11.8 Å². The summed E-state index contributed by atoms with van der Waals surface area (Å²) in [6.45, 7) is 5.17. The van der Waals surface area contributed by atoms with Gasteiger partial charge < -0.3 is 10.2 Å². The third-order valence-electron chi connectivity index (χ3n) is 6.54. The highest BCUT2D eigenvalue weighted by atomic mass is 16.2. The Balaban J connectivity index is 1.36. The van der Waals surface area contributed by atoms with Crippen molar-refractivity contribution in [2.24, 2.45) is 5.92 Å². The summed E-state index contributed by atoms with van der Waals surface area (Å²) < 4.78 is 0. The molecule has 1 saturated heterocycles. The van der Waals surface area contributed by atoms with Crippen molar-refractivity contribution in [3.8, 4) is 0 Å². The van der Waals surface area contributed by atoms with E-state index < -0.39 is 0 Å². The summed E-state index contributed by atoms with van der Waals surface area (Å²) in [5.74, 6) is 1.26. The second kappa shape index (κ2) is 9.02. The van der Waals surface area contributed by atoms with Crippen molar-refractivity contribution in [1.29, 1.82) is 0 Å². The fraction of sp³-hybridized carbons (Fsp3) is 0.900. The van der Waals surface area contributed by atoms with Gasteiger partial charge in [-0.1, -0.05) is 38.5 Å². The Labute approximate surface area is 152 Å². The van der Waals surface area contributed by atoms with E-state index in [0.717, 1.165) is 51.4 Å². The summed E-state index contributed by atoms with van der Waals surface area (Å²) in [5, 5.41) is 3.20. The molecular weight excluding hydrogens is 314 g/mol. The summed E-state index contributed by atoms with van der Waals surface area (Å²) in [6.07, 6.45) is 11.8. The molecule has 1 N–H and O–H groups in total. The van der Waals surface area contributed by atoms with Crippen LogP contribution in [0, 0.1) is 5.92 Å². The van der Waals surface area contributed by atoms with Crippen LogP contribution in [-0.2, 0) is 9.59 Å². The zero-order valence-corrected chi connectivity index (χ0v) is 15.8. The van der Waals surface area contributed by atoms with E-state index in [1.807, 2.05) is 11.8 Å². The van der Waals surface area contributed by atoms with Gasteiger partial charge in [0, 0.05) is 38.6 Å². The molecule has 0 aromatic rings. The van der Waals surface area contributed by atoms with Crippen LogP contribution in [0.2, 0.25) is 0 Å². The maximum Gasteiger partial charge on any atom is 0.237 e. The zero-order chi connectivity index (χ0) is 17.6. The number of nitrogens with zero attached hydrogens (tertiary/aromatic N) is 2. The van der Waals surface area contributed by atoms with Crippen molar-refractivity contribution in [1.82, 2.24) is 15.1 Å². The van der Waals surface area contributed by atoms with Crippen molar-refractivity contribution in [3.05, 3.63) is 0 Å². The molecule has 3 aliphatic rings. The van der Waals surface area contributed by atoms with Gasteiger partial charge in [0.1, 0.15) is 0 Å². The molecule has 1 unspecified atom stereocenters. The Morgan fingerprint density at radius 3 is 2.20 bits per heavy atom.